The van der Waals surface area contributed by atoms with Crippen molar-refractivity contribution >= 4 is 34.5 Å². The molecular weight excluding hydrogens is 390 g/mol. The quantitative estimate of drug-likeness (QED) is 0.634. The summed E-state index contributed by atoms with van der Waals surface area (Å²) >= 11 is 7.70. The van der Waals surface area contributed by atoms with Crippen LogP contribution in [0, 0.1) is 0 Å². The molecule has 1 saturated heterocycles. The minimum Gasteiger partial charge on any atom is -0.305 e. The van der Waals surface area contributed by atoms with Gasteiger partial charge in [-0.1, -0.05) is 23.7 Å². The molecule has 0 aliphatic carbocycles. The maximum absolute atomic E-state index is 13.1. The topological polar surface area (TPSA) is 36.4 Å². The Hall–Kier alpha value is -2.21. The molecular formula is C22H20ClN3OS. The van der Waals surface area contributed by atoms with E-state index in [1.807, 2.05) is 58.3 Å². The van der Waals surface area contributed by atoms with Crippen molar-refractivity contribution in [3.63, 3.8) is 0 Å². The molecule has 1 spiro atoms. The van der Waals surface area contributed by atoms with E-state index in [1.54, 1.807) is 11.3 Å². The van der Waals surface area contributed by atoms with Gasteiger partial charge in [-0.05, 0) is 54.2 Å². The van der Waals surface area contributed by atoms with E-state index in [0.717, 1.165) is 48.0 Å². The van der Waals surface area contributed by atoms with E-state index in [-0.39, 0.29) is 11.3 Å². The molecule has 4 nitrogen and oxygen atoms in total. The lowest BCUT2D eigenvalue weighted by Crippen LogP contribution is -2.39. The summed E-state index contributed by atoms with van der Waals surface area (Å²) in [5, 5.41) is 4.64. The minimum atomic E-state index is -0.0964. The maximum Gasteiger partial charge on any atom is 0.259 e. The summed E-state index contributed by atoms with van der Waals surface area (Å²) in [6.45, 7) is 3.45. The SMILES string of the molecule is O=C(c1ccsc1)N1C[C@@]2(CCN(Cc3cccc(Cl)c3)C2)c2ncccc21. The summed E-state index contributed by atoms with van der Waals surface area (Å²) in [7, 11) is 0. The van der Waals surface area contributed by atoms with E-state index in [9.17, 15) is 4.79 Å². The van der Waals surface area contributed by atoms with Crippen LogP contribution < -0.4 is 4.90 Å². The van der Waals surface area contributed by atoms with Crippen molar-refractivity contribution < 1.29 is 4.79 Å². The highest BCUT2D eigenvalue weighted by atomic mass is 35.5. The number of anilines is 1. The fourth-order valence-corrected chi connectivity index (χ4v) is 5.36. The molecule has 3 aromatic rings. The molecule has 0 saturated carbocycles. The zero-order chi connectivity index (χ0) is 19.1. The third kappa shape index (κ3) is 3.04. The second-order valence-electron chi connectivity index (χ2n) is 7.65. The summed E-state index contributed by atoms with van der Waals surface area (Å²) in [4.78, 5) is 22.2. The second kappa shape index (κ2) is 6.99. The van der Waals surface area contributed by atoms with Crippen LogP contribution in [0.25, 0.3) is 0 Å². The summed E-state index contributed by atoms with van der Waals surface area (Å²) in [5.74, 6) is 0.0701. The number of hydrogen-bond acceptors (Lipinski definition) is 4. The molecule has 0 radical (unpaired) electrons. The molecule has 2 aliphatic rings. The number of nitrogens with zero attached hydrogens (tertiary/aromatic N) is 3. The fraction of sp³-hybridized carbons (Fsp3) is 0.273. The first kappa shape index (κ1) is 17.9. The zero-order valence-electron chi connectivity index (χ0n) is 15.3. The van der Waals surface area contributed by atoms with Crippen molar-refractivity contribution in [2.75, 3.05) is 24.5 Å². The largest absolute Gasteiger partial charge is 0.305 e. The smallest absolute Gasteiger partial charge is 0.259 e. The van der Waals surface area contributed by atoms with Gasteiger partial charge in [0.1, 0.15) is 0 Å². The predicted molar refractivity (Wildman–Crippen MR) is 113 cm³/mol. The molecule has 1 aromatic carbocycles. The van der Waals surface area contributed by atoms with Crippen LogP contribution in [0.15, 0.2) is 59.4 Å². The van der Waals surface area contributed by atoms with Gasteiger partial charge in [-0.25, -0.2) is 0 Å². The highest BCUT2D eigenvalue weighted by Gasteiger charge is 2.49. The number of thiophene rings is 1. The Bertz CT molecular complexity index is 1020. The fourth-order valence-electron chi connectivity index (χ4n) is 4.52. The first-order valence-corrected chi connectivity index (χ1v) is 10.7. The van der Waals surface area contributed by atoms with Crippen molar-refractivity contribution in [2.24, 2.45) is 0 Å². The van der Waals surface area contributed by atoms with Crippen molar-refractivity contribution in [3.8, 4) is 0 Å². The standard InChI is InChI=1S/C22H20ClN3OS/c23-18-4-1-3-16(11-18)12-25-9-7-22(14-25)15-26(19-5-2-8-24-20(19)22)21(27)17-6-10-28-13-17/h1-6,8,10-11,13H,7,9,12,14-15H2/t22-/m0/s1. The van der Waals surface area contributed by atoms with Crippen LogP contribution in [0.3, 0.4) is 0 Å². The van der Waals surface area contributed by atoms with Gasteiger partial charge in [0, 0.05) is 41.6 Å². The first-order valence-electron chi connectivity index (χ1n) is 9.41. The number of hydrogen-bond donors (Lipinski definition) is 0. The molecule has 28 heavy (non-hydrogen) atoms. The molecule has 0 unspecified atom stereocenters. The van der Waals surface area contributed by atoms with Gasteiger partial charge in [0.25, 0.3) is 5.91 Å². The van der Waals surface area contributed by atoms with Crippen molar-refractivity contribution in [3.05, 3.63) is 81.3 Å². The monoisotopic (exact) mass is 409 g/mol. The number of likely N-dealkylation sites (tertiary alicyclic amines) is 1. The molecule has 142 valence electrons. The molecule has 5 rings (SSSR count). The van der Waals surface area contributed by atoms with Crippen LogP contribution in [-0.4, -0.2) is 35.4 Å². The number of fused-ring (bicyclic) bond motifs is 2. The lowest BCUT2D eigenvalue weighted by Gasteiger charge is -2.25. The third-order valence-electron chi connectivity index (χ3n) is 5.78. The van der Waals surface area contributed by atoms with E-state index in [1.165, 1.54) is 5.56 Å². The van der Waals surface area contributed by atoms with Crippen LogP contribution >= 0.6 is 22.9 Å². The van der Waals surface area contributed by atoms with Crippen molar-refractivity contribution in [2.45, 2.75) is 18.4 Å². The Kier molecular flexibility index (Phi) is 4.46. The number of carbonyl (C=O) groups is 1. The molecule has 2 aliphatic heterocycles. The molecule has 4 heterocycles. The number of benzene rings is 1. The number of halogens is 1. The number of aromatic nitrogens is 1. The van der Waals surface area contributed by atoms with Gasteiger partial charge in [0.15, 0.2) is 0 Å². The van der Waals surface area contributed by atoms with Crippen molar-refractivity contribution in [1.82, 2.24) is 9.88 Å². The summed E-state index contributed by atoms with van der Waals surface area (Å²) in [6, 6.07) is 13.9. The van der Waals surface area contributed by atoms with Gasteiger partial charge in [-0.3, -0.25) is 14.7 Å². The molecule has 2 aromatic heterocycles. The number of pyridine rings is 1. The lowest BCUT2D eigenvalue weighted by molar-refractivity contribution is 0.0985. The van der Waals surface area contributed by atoms with Crippen LogP contribution in [0.4, 0.5) is 5.69 Å². The average Bonchev–Trinajstić information content (AvgIpc) is 3.43. The zero-order valence-corrected chi connectivity index (χ0v) is 16.9. The minimum absolute atomic E-state index is 0.0701. The first-order chi connectivity index (χ1) is 13.6. The Morgan fingerprint density at radius 3 is 2.96 bits per heavy atom. The predicted octanol–water partition coefficient (Wildman–Crippen LogP) is 4.60. The maximum atomic E-state index is 13.1. The number of amides is 1. The van der Waals surface area contributed by atoms with Gasteiger partial charge in [-0.2, -0.15) is 11.3 Å². The molecule has 1 atom stereocenters. The molecule has 0 N–H and O–H groups in total. The molecule has 1 amide bonds. The normalized spacial score (nSPS) is 21.4. The second-order valence-corrected chi connectivity index (χ2v) is 8.86. The molecule has 0 bridgehead atoms. The van der Waals surface area contributed by atoms with Crippen LogP contribution in [0.5, 0.6) is 0 Å². The van der Waals surface area contributed by atoms with Gasteiger partial charge < -0.3 is 4.90 Å². The van der Waals surface area contributed by atoms with E-state index in [0.29, 0.717) is 6.54 Å². The molecule has 6 heteroatoms. The van der Waals surface area contributed by atoms with Gasteiger partial charge in [-0.15, -0.1) is 0 Å². The van der Waals surface area contributed by atoms with Crippen LogP contribution in [0.1, 0.15) is 28.0 Å². The highest BCUT2D eigenvalue weighted by Crippen LogP contribution is 2.45. The van der Waals surface area contributed by atoms with E-state index < -0.39 is 0 Å². The van der Waals surface area contributed by atoms with Crippen LogP contribution in [0.2, 0.25) is 5.02 Å². The molecule has 1 fully saturated rings. The summed E-state index contributed by atoms with van der Waals surface area (Å²) in [5.41, 5.74) is 3.90. The Labute approximate surface area is 173 Å². The Morgan fingerprint density at radius 2 is 2.14 bits per heavy atom. The van der Waals surface area contributed by atoms with E-state index in [4.69, 9.17) is 16.6 Å². The van der Waals surface area contributed by atoms with Gasteiger partial charge in [0.2, 0.25) is 0 Å². The summed E-state index contributed by atoms with van der Waals surface area (Å²) in [6.07, 6.45) is 2.85. The Balaban J connectivity index is 1.42. The van der Waals surface area contributed by atoms with Crippen LogP contribution in [-0.2, 0) is 12.0 Å². The third-order valence-corrected chi connectivity index (χ3v) is 6.70. The van der Waals surface area contributed by atoms with E-state index >= 15 is 0 Å². The van der Waals surface area contributed by atoms with Crippen molar-refractivity contribution in [1.29, 1.82) is 0 Å². The van der Waals surface area contributed by atoms with Gasteiger partial charge >= 0.3 is 0 Å². The average molecular weight is 410 g/mol. The highest BCUT2D eigenvalue weighted by molar-refractivity contribution is 7.08. The Morgan fingerprint density at radius 1 is 1.21 bits per heavy atom. The number of carbonyl (C=O) groups excluding carboxylic acids is 1. The lowest BCUT2D eigenvalue weighted by atomic mass is 9.85. The van der Waals surface area contributed by atoms with E-state index in [2.05, 4.69) is 11.0 Å². The number of rotatable bonds is 3. The summed E-state index contributed by atoms with van der Waals surface area (Å²) < 4.78 is 0. The van der Waals surface area contributed by atoms with Gasteiger partial charge in [0.05, 0.1) is 16.9 Å².